The maximum absolute atomic E-state index is 13.2. The van der Waals surface area contributed by atoms with Gasteiger partial charge in [0.15, 0.2) is 0 Å². The molecule has 186 valence electrons. The van der Waals surface area contributed by atoms with Gasteiger partial charge in [0.05, 0.1) is 0 Å². The lowest BCUT2D eigenvalue weighted by Crippen LogP contribution is -2.51. The van der Waals surface area contributed by atoms with Gasteiger partial charge in [0, 0.05) is 54.0 Å². The van der Waals surface area contributed by atoms with Crippen LogP contribution in [-0.4, -0.2) is 64.7 Å². The van der Waals surface area contributed by atoms with Gasteiger partial charge in [0.25, 0.3) is 5.91 Å². The number of amides is 3. The Morgan fingerprint density at radius 3 is 2.54 bits per heavy atom. The molecule has 0 spiro atoms. The molecule has 0 saturated carbocycles. The highest BCUT2D eigenvalue weighted by atomic mass is 127. The molecule has 2 saturated heterocycles. The predicted octanol–water partition coefficient (Wildman–Crippen LogP) is 3.26. The van der Waals surface area contributed by atoms with E-state index in [2.05, 4.69) is 68.2 Å². The molecule has 0 bridgehead atoms. The van der Waals surface area contributed by atoms with Crippen LogP contribution >= 0.6 is 22.6 Å². The fraction of sp³-hybridized carbons (Fsp3) is 0.462. The fourth-order valence-electron chi connectivity index (χ4n) is 5.05. The number of anilines is 1. The van der Waals surface area contributed by atoms with Crippen molar-refractivity contribution in [1.82, 2.24) is 20.1 Å². The Labute approximate surface area is 220 Å². The van der Waals surface area contributed by atoms with Crippen molar-refractivity contribution < 1.29 is 14.4 Å². The third kappa shape index (κ3) is 6.00. The first kappa shape index (κ1) is 25.6. The van der Waals surface area contributed by atoms with Crippen LogP contribution in [0.15, 0.2) is 30.3 Å². The molecule has 3 heterocycles. The predicted molar refractivity (Wildman–Crippen MR) is 143 cm³/mol. The average molecular weight is 589 g/mol. The van der Waals surface area contributed by atoms with Crippen LogP contribution in [-0.2, 0) is 16.1 Å². The maximum Gasteiger partial charge on any atom is 0.251 e. The summed E-state index contributed by atoms with van der Waals surface area (Å²) in [6.45, 7) is 6.59. The minimum Gasteiger partial charge on any atom is -0.355 e. The highest BCUT2D eigenvalue weighted by Crippen LogP contribution is 2.29. The van der Waals surface area contributed by atoms with Crippen molar-refractivity contribution in [2.75, 3.05) is 25.5 Å². The van der Waals surface area contributed by atoms with Gasteiger partial charge in [-0.3, -0.25) is 19.3 Å². The number of hydrogen-bond acceptors (Lipinski definition) is 5. The van der Waals surface area contributed by atoms with E-state index >= 15 is 0 Å². The summed E-state index contributed by atoms with van der Waals surface area (Å²) in [6, 6.07) is 9.37. The number of carbonyl (C=O) groups excluding carboxylic acids is 3. The molecule has 0 unspecified atom stereocenters. The van der Waals surface area contributed by atoms with Gasteiger partial charge in [-0.2, -0.15) is 0 Å². The summed E-state index contributed by atoms with van der Waals surface area (Å²) in [5.74, 6) is -0.111. The average Bonchev–Trinajstić information content (AvgIpc) is 3.22. The molecule has 1 aromatic heterocycles. The zero-order valence-corrected chi connectivity index (χ0v) is 22.6. The third-order valence-corrected chi connectivity index (χ3v) is 8.04. The molecule has 2 aliphatic heterocycles. The maximum atomic E-state index is 13.2. The topological polar surface area (TPSA) is 94.6 Å². The largest absolute Gasteiger partial charge is 0.355 e. The number of hydrogen-bond donors (Lipinski definition) is 2. The number of nitrogens with one attached hydrogen (secondary N) is 2. The molecular formula is C26H32IN5O3. The second-order valence-corrected chi connectivity index (χ2v) is 10.6. The summed E-state index contributed by atoms with van der Waals surface area (Å²) in [5.41, 5.74) is 3.67. The highest BCUT2D eigenvalue weighted by Gasteiger charge is 2.41. The zero-order chi connectivity index (χ0) is 25.1. The highest BCUT2D eigenvalue weighted by molar-refractivity contribution is 14.1. The fourth-order valence-corrected chi connectivity index (χ4v) is 5.39. The molecule has 2 aromatic rings. The molecular weight excluding hydrogens is 557 g/mol. The minimum absolute atomic E-state index is 0.0418. The summed E-state index contributed by atoms with van der Waals surface area (Å²) in [7, 11) is 1.56. The molecule has 2 N–H and O–H groups in total. The van der Waals surface area contributed by atoms with Crippen LogP contribution in [0.5, 0.6) is 0 Å². The van der Waals surface area contributed by atoms with Gasteiger partial charge in [-0.25, -0.2) is 4.98 Å². The zero-order valence-electron chi connectivity index (χ0n) is 20.4. The lowest BCUT2D eigenvalue weighted by atomic mass is 10.0. The quantitative estimate of drug-likeness (QED) is 0.505. The van der Waals surface area contributed by atoms with Gasteiger partial charge in [-0.05, 0) is 85.0 Å². The van der Waals surface area contributed by atoms with E-state index in [1.54, 1.807) is 31.0 Å². The normalized spacial score (nSPS) is 19.1. The van der Waals surface area contributed by atoms with Crippen LogP contribution in [0.4, 0.5) is 5.82 Å². The van der Waals surface area contributed by atoms with Crippen LogP contribution in [0.3, 0.4) is 0 Å². The number of pyridine rings is 1. The lowest BCUT2D eigenvalue weighted by molar-refractivity contribution is -0.136. The standard InChI is InChI=1S/C26H32IN5O3/c1-16-12-18(4-5-21(16)27)15-31-10-8-20(9-11-31)32-22(6-7-24(32)33)26(35)30-23-14-19(25(34)28-3)13-17(2)29-23/h4-5,12-14,20,22H,6-11,15H2,1-3H3,(H,28,34)(H,29,30,35)/t22-/m1/s1. The molecule has 9 heteroatoms. The van der Waals surface area contributed by atoms with Crippen molar-refractivity contribution in [3.8, 4) is 0 Å². The number of carbonyl (C=O) groups is 3. The van der Waals surface area contributed by atoms with E-state index in [9.17, 15) is 14.4 Å². The number of likely N-dealkylation sites (tertiary alicyclic amines) is 2. The number of aromatic nitrogens is 1. The molecule has 35 heavy (non-hydrogen) atoms. The summed E-state index contributed by atoms with van der Waals surface area (Å²) in [6.07, 6.45) is 2.58. The first-order valence-electron chi connectivity index (χ1n) is 12.1. The molecule has 3 amide bonds. The summed E-state index contributed by atoms with van der Waals surface area (Å²) >= 11 is 2.35. The van der Waals surface area contributed by atoms with E-state index in [0.717, 1.165) is 32.5 Å². The van der Waals surface area contributed by atoms with Crippen molar-refractivity contribution in [3.05, 3.63) is 56.3 Å². The Hall–Kier alpha value is -2.53. The number of aryl methyl sites for hydroxylation is 2. The molecule has 1 atom stereocenters. The number of nitrogens with zero attached hydrogens (tertiary/aromatic N) is 3. The molecule has 2 fully saturated rings. The second kappa shape index (κ2) is 11.0. The number of halogens is 1. The van der Waals surface area contributed by atoms with Crippen molar-refractivity contribution >= 4 is 46.1 Å². The first-order valence-corrected chi connectivity index (χ1v) is 13.1. The molecule has 2 aliphatic rings. The van der Waals surface area contributed by atoms with E-state index in [-0.39, 0.29) is 23.8 Å². The van der Waals surface area contributed by atoms with Crippen LogP contribution in [0, 0.1) is 17.4 Å². The number of piperidine rings is 1. The Morgan fingerprint density at radius 1 is 1.11 bits per heavy atom. The molecule has 0 aliphatic carbocycles. The molecule has 8 nitrogen and oxygen atoms in total. The van der Waals surface area contributed by atoms with E-state index in [4.69, 9.17) is 0 Å². The lowest BCUT2D eigenvalue weighted by Gasteiger charge is -2.39. The van der Waals surface area contributed by atoms with Crippen LogP contribution < -0.4 is 10.6 Å². The Balaban J connectivity index is 1.39. The summed E-state index contributed by atoms with van der Waals surface area (Å²) < 4.78 is 1.27. The van der Waals surface area contributed by atoms with Crippen molar-refractivity contribution in [2.24, 2.45) is 0 Å². The van der Waals surface area contributed by atoms with Crippen LogP contribution in [0.1, 0.15) is 52.9 Å². The Morgan fingerprint density at radius 2 is 1.86 bits per heavy atom. The van der Waals surface area contributed by atoms with Gasteiger partial charge in [-0.1, -0.05) is 12.1 Å². The Bertz CT molecular complexity index is 1130. The van der Waals surface area contributed by atoms with E-state index in [1.807, 2.05) is 0 Å². The van der Waals surface area contributed by atoms with E-state index < -0.39 is 6.04 Å². The van der Waals surface area contributed by atoms with Gasteiger partial charge < -0.3 is 15.5 Å². The smallest absolute Gasteiger partial charge is 0.251 e. The molecule has 1 aromatic carbocycles. The molecule has 0 radical (unpaired) electrons. The van der Waals surface area contributed by atoms with Crippen LogP contribution in [0.25, 0.3) is 0 Å². The van der Waals surface area contributed by atoms with E-state index in [0.29, 0.717) is 29.9 Å². The van der Waals surface area contributed by atoms with Gasteiger partial charge in [0.1, 0.15) is 11.9 Å². The first-order chi connectivity index (χ1) is 16.7. The number of rotatable bonds is 6. The van der Waals surface area contributed by atoms with Crippen molar-refractivity contribution in [1.29, 1.82) is 0 Å². The van der Waals surface area contributed by atoms with Gasteiger partial charge in [-0.15, -0.1) is 0 Å². The second-order valence-electron chi connectivity index (χ2n) is 9.40. The SMILES string of the molecule is CNC(=O)c1cc(C)nc(NC(=O)[C@H]2CCC(=O)N2C2CCN(Cc3ccc(I)c(C)c3)CC2)c1. The monoisotopic (exact) mass is 589 g/mol. The van der Waals surface area contributed by atoms with E-state index in [1.165, 1.54) is 14.7 Å². The van der Waals surface area contributed by atoms with Gasteiger partial charge in [0.2, 0.25) is 11.8 Å². The number of benzene rings is 1. The minimum atomic E-state index is -0.510. The van der Waals surface area contributed by atoms with Crippen molar-refractivity contribution in [2.45, 2.75) is 58.2 Å². The molecule has 4 rings (SSSR count). The Kier molecular flexibility index (Phi) is 8.05. The summed E-state index contributed by atoms with van der Waals surface area (Å²) in [5, 5.41) is 5.44. The van der Waals surface area contributed by atoms with Crippen molar-refractivity contribution in [3.63, 3.8) is 0 Å². The summed E-state index contributed by atoms with van der Waals surface area (Å²) in [4.78, 5) is 46.6. The van der Waals surface area contributed by atoms with Gasteiger partial charge >= 0.3 is 0 Å². The third-order valence-electron chi connectivity index (χ3n) is 6.83. The van der Waals surface area contributed by atoms with Crippen LogP contribution in [0.2, 0.25) is 0 Å².